The van der Waals surface area contributed by atoms with Gasteiger partial charge in [-0.1, -0.05) is 0 Å². The Bertz CT molecular complexity index is 300. The Kier molecular flexibility index (Phi) is 2.59. The third kappa shape index (κ3) is 1.92. The number of nitriles is 1. The molecule has 1 heterocycles. The second-order valence-electron chi connectivity index (χ2n) is 2.58. The SMILES string of the molecule is CN(C)c1nccc(CC#N)n1. The molecule has 0 unspecified atom stereocenters. The van der Waals surface area contributed by atoms with Gasteiger partial charge in [-0.05, 0) is 6.07 Å². The molecule has 0 aliphatic carbocycles. The molecule has 0 radical (unpaired) electrons. The summed E-state index contributed by atoms with van der Waals surface area (Å²) in [6, 6.07) is 3.79. The summed E-state index contributed by atoms with van der Waals surface area (Å²) in [7, 11) is 3.73. The van der Waals surface area contributed by atoms with Crippen LogP contribution in [0.4, 0.5) is 5.95 Å². The first-order valence-corrected chi connectivity index (χ1v) is 3.60. The summed E-state index contributed by atoms with van der Waals surface area (Å²) in [6.45, 7) is 0. The van der Waals surface area contributed by atoms with E-state index in [-0.39, 0.29) is 0 Å². The van der Waals surface area contributed by atoms with Crippen molar-refractivity contribution in [1.29, 1.82) is 5.26 Å². The topological polar surface area (TPSA) is 52.8 Å². The molecule has 0 aliphatic rings. The number of hydrogen-bond acceptors (Lipinski definition) is 4. The van der Waals surface area contributed by atoms with Gasteiger partial charge in [0.1, 0.15) is 0 Å². The van der Waals surface area contributed by atoms with Crippen LogP contribution in [0.2, 0.25) is 0 Å². The highest BCUT2D eigenvalue weighted by Crippen LogP contribution is 2.03. The van der Waals surface area contributed by atoms with Crippen LogP contribution in [0.15, 0.2) is 12.3 Å². The molecule has 0 aromatic carbocycles. The maximum absolute atomic E-state index is 8.43. The van der Waals surface area contributed by atoms with Gasteiger partial charge in [0.25, 0.3) is 0 Å². The number of aromatic nitrogens is 2. The molecule has 0 spiro atoms. The van der Waals surface area contributed by atoms with Crippen LogP contribution in [0.1, 0.15) is 5.69 Å². The molecule has 0 saturated carbocycles. The van der Waals surface area contributed by atoms with Crippen molar-refractivity contribution < 1.29 is 0 Å². The van der Waals surface area contributed by atoms with Crippen molar-refractivity contribution in [2.24, 2.45) is 0 Å². The minimum atomic E-state index is 0.337. The normalized spacial score (nSPS) is 9.08. The fourth-order valence-corrected chi connectivity index (χ4v) is 0.779. The van der Waals surface area contributed by atoms with Crippen molar-refractivity contribution >= 4 is 5.95 Å². The highest BCUT2D eigenvalue weighted by molar-refractivity contribution is 5.27. The van der Waals surface area contributed by atoms with E-state index >= 15 is 0 Å². The largest absolute Gasteiger partial charge is 0.347 e. The standard InChI is InChI=1S/C8H10N4/c1-12(2)8-10-6-4-7(11-8)3-5-9/h4,6H,3H2,1-2H3. The van der Waals surface area contributed by atoms with Crippen molar-refractivity contribution in [3.8, 4) is 6.07 Å². The summed E-state index contributed by atoms with van der Waals surface area (Å²) in [6.07, 6.45) is 2.00. The maximum Gasteiger partial charge on any atom is 0.225 e. The zero-order chi connectivity index (χ0) is 8.97. The highest BCUT2D eigenvalue weighted by atomic mass is 15.2. The molecular weight excluding hydrogens is 152 g/mol. The highest BCUT2D eigenvalue weighted by Gasteiger charge is 1.99. The van der Waals surface area contributed by atoms with Gasteiger partial charge in [0, 0.05) is 20.3 Å². The first kappa shape index (κ1) is 8.47. The predicted molar refractivity (Wildman–Crippen MR) is 45.7 cm³/mol. The van der Waals surface area contributed by atoms with Gasteiger partial charge in [0.05, 0.1) is 18.2 Å². The summed E-state index contributed by atoms with van der Waals surface area (Å²) in [5.74, 6) is 0.641. The molecular formula is C8H10N4. The number of anilines is 1. The van der Waals surface area contributed by atoms with Crippen LogP contribution in [-0.2, 0) is 6.42 Å². The summed E-state index contributed by atoms with van der Waals surface area (Å²) in [5.41, 5.74) is 0.760. The molecule has 1 aromatic rings. The monoisotopic (exact) mass is 162 g/mol. The molecule has 0 aliphatic heterocycles. The van der Waals surface area contributed by atoms with E-state index < -0.39 is 0 Å². The number of rotatable bonds is 2. The number of hydrogen-bond donors (Lipinski definition) is 0. The Hall–Kier alpha value is -1.63. The molecule has 1 rings (SSSR count). The first-order chi connectivity index (χ1) is 5.74. The maximum atomic E-state index is 8.43. The van der Waals surface area contributed by atoms with E-state index in [1.807, 2.05) is 20.2 Å². The van der Waals surface area contributed by atoms with Crippen molar-refractivity contribution in [2.75, 3.05) is 19.0 Å². The van der Waals surface area contributed by atoms with E-state index in [4.69, 9.17) is 5.26 Å². The summed E-state index contributed by atoms with van der Waals surface area (Å²) in [5, 5.41) is 8.43. The Morgan fingerprint density at radius 2 is 2.33 bits per heavy atom. The lowest BCUT2D eigenvalue weighted by Gasteiger charge is -2.09. The van der Waals surface area contributed by atoms with Gasteiger partial charge in [0.15, 0.2) is 0 Å². The van der Waals surface area contributed by atoms with E-state index in [2.05, 4.69) is 9.97 Å². The third-order valence-electron chi connectivity index (χ3n) is 1.36. The Balaban J connectivity index is 2.90. The van der Waals surface area contributed by atoms with Crippen molar-refractivity contribution in [1.82, 2.24) is 9.97 Å². The molecule has 0 saturated heterocycles. The molecule has 4 heteroatoms. The van der Waals surface area contributed by atoms with E-state index in [0.29, 0.717) is 12.4 Å². The summed E-state index contributed by atoms with van der Waals surface area (Å²) >= 11 is 0. The quantitative estimate of drug-likeness (QED) is 0.639. The lowest BCUT2D eigenvalue weighted by molar-refractivity contribution is 0.962. The van der Waals surface area contributed by atoms with Crippen molar-refractivity contribution in [2.45, 2.75) is 6.42 Å². The molecule has 12 heavy (non-hydrogen) atoms. The zero-order valence-electron chi connectivity index (χ0n) is 7.15. The zero-order valence-corrected chi connectivity index (χ0v) is 7.15. The van der Waals surface area contributed by atoms with Crippen LogP contribution in [0, 0.1) is 11.3 Å². The van der Waals surface area contributed by atoms with Crippen LogP contribution in [0.25, 0.3) is 0 Å². The van der Waals surface area contributed by atoms with E-state index in [1.54, 1.807) is 17.2 Å². The van der Waals surface area contributed by atoms with Gasteiger partial charge < -0.3 is 4.90 Å². The minimum absolute atomic E-state index is 0.337. The fourth-order valence-electron chi connectivity index (χ4n) is 0.779. The van der Waals surface area contributed by atoms with Gasteiger partial charge in [-0.3, -0.25) is 0 Å². The van der Waals surface area contributed by atoms with Crippen LogP contribution in [0.5, 0.6) is 0 Å². The molecule has 0 amide bonds. The Labute approximate surface area is 71.5 Å². The lowest BCUT2D eigenvalue weighted by atomic mass is 10.3. The number of nitrogens with zero attached hydrogens (tertiary/aromatic N) is 4. The average Bonchev–Trinajstić information content (AvgIpc) is 2.05. The molecule has 0 fully saturated rings. The van der Waals surface area contributed by atoms with Gasteiger partial charge >= 0.3 is 0 Å². The summed E-state index contributed by atoms with van der Waals surface area (Å²) < 4.78 is 0. The fraction of sp³-hybridized carbons (Fsp3) is 0.375. The van der Waals surface area contributed by atoms with Crippen molar-refractivity contribution in [3.63, 3.8) is 0 Å². The molecule has 0 bridgehead atoms. The van der Waals surface area contributed by atoms with Crippen molar-refractivity contribution in [3.05, 3.63) is 18.0 Å². The van der Waals surface area contributed by atoms with E-state index in [0.717, 1.165) is 5.69 Å². The van der Waals surface area contributed by atoms with E-state index in [9.17, 15) is 0 Å². The van der Waals surface area contributed by atoms with Crippen LogP contribution < -0.4 is 4.90 Å². The smallest absolute Gasteiger partial charge is 0.225 e. The second-order valence-corrected chi connectivity index (χ2v) is 2.58. The molecule has 4 nitrogen and oxygen atoms in total. The van der Waals surface area contributed by atoms with Gasteiger partial charge in [-0.25, -0.2) is 9.97 Å². The second kappa shape index (κ2) is 3.67. The Morgan fingerprint density at radius 3 is 2.92 bits per heavy atom. The Morgan fingerprint density at radius 1 is 1.58 bits per heavy atom. The van der Waals surface area contributed by atoms with Gasteiger partial charge in [-0.2, -0.15) is 5.26 Å². The predicted octanol–water partition coefficient (Wildman–Crippen LogP) is 0.609. The average molecular weight is 162 g/mol. The molecule has 0 N–H and O–H groups in total. The summed E-state index contributed by atoms with van der Waals surface area (Å²) in [4.78, 5) is 9.99. The molecule has 0 atom stereocenters. The molecule has 62 valence electrons. The van der Waals surface area contributed by atoms with Crippen LogP contribution in [0.3, 0.4) is 0 Å². The van der Waals surface area contributed by atoms with Crippen LogP contribution in [-0.4, -0.2) is 24.1 Å². The molecule has 1 aromatic heterocycles. The first-order valence-electron chi connectivity index (χ1n) is 3.60. The van der Waals surface area contributed by atoms with E-state index in [1.165, 1.54) is 0 Å². The lowest BCUT2D eigenvalue weighted by Crippen LogP contribution is -2.13. The van der Waals surface area contributed by atoms with Gasteiger partial charge in [-0.15, -0.1) is 0 Å². The van der Waals surface area contributed by atoms with Crippen LogP contribution >= 0.6 is 0 Å². The van der Waals surface area contributed by atoms with Gasteiger partial charge in [0.2, 0.25) is 5.95 Å². The minimum Gasteiger partial charge on any atom is -0.347 e. The third-order valence-corrected chi connectivity index (χ3v) is 1.36.